The summed E-state index contributed by atoms with van der Waals surface area (Å²) in [5.41, 5.74) is 3.74. The molecule has 35 heavy (non-hydrogen) atoms. The number of hydrogen-bond donors (Lipinski definition) is 3. The van der Waals surface area contributed by atoms with Crippen LogP contribution in [0.25, 0.3) is 22.6 Å². The number of rotatable bonds is 7. The van der Waals surface area contributed by atoms with Crippen molar-refractivity contribution in [2.45, 2.75) is 26.2 Å². The van der Waals surface area contributed by atoms with Crippen molar-refractivity contribution in [3.8, 4) is 23.0 Å². The van der Waals surface area contributed by atoms with E-state index in [0.717, 1.165) is 16.8 Å². The Hall–Kier alpha value is -4.34. The zero-order valence-corrected chi connectivity index (χ0v) is 19.9. The lowest BCUT2D eigenvalue weighted by Crippen LogP contribution is -2.35. The van der Waals surface area contributed by atoms with Crippen molar-refractivity contribution < 1.29 is 19.1 Å². The highest BCUT2D eigenvalue weighted by Gasteiger charge is 2.43. The molecule has 0 radical (unpaired) electrons. The first-order chi connectivity index (χ1) is 16.8. The molecule has 180 valence electrons. The van der Waals surface area contributed by atoms with Gasteiger partial charge in [0.15, 0.2) is 23.9 Å². The molecule has 3 N–H and O–H groups in total. The predicted octanol–water partition coefficient (Wildman–Crippen LogP) is 3.62. The number of carbonyl (C=O) groups excluding carboxylic acids is 2. The van der Waals surface area contributed by atoms with Gasteiger partial charge in [0, 0.05) is 6.54 Å². The highest BCUT2D eigenvalue weighted by Crippen LogP contribution is 2.43. The van der Waals surface area contributed by atoms with Gasteiger partial charge in [-0.1, -0.05) is 12.1 Å². The number of likely N-dealkylation sites (N-methyl/N-ethyl adjacent to an activating group) is 1. The molecule has 4 aromatic rings. The SMILES string of the molecule is CCN1C(=O)C(C)(C)c2cc3[nH]c(-c4[nH]ncc4NC(=O)COc4ccccc4OC)nc3cc21. The van der Waals surface area contributed by atoms with Gasteiger partial charge in [0.05, 0.1) is 41.1 Å². The normalized spacial score (nSPS) is 14.3. The van der Waals surface area contributed by atoms with Crippen LogP contribution in [0.15, 0.2) is 42.6 Å². The molecule has 0 spiro atoms. The van der Waals surface area contributed by atoms with Gasteiger partial charge >= 0.3 is 0 Å². The highest BCUT2D eigenvalue weighted by atomic mass is 16.5. The summed E-state index contributed by atoms with van der Waals surface area (Å²) in [7, 11) is 1.54. The Morgan fingerprint density at radius 2 is 1.97 bits per heavy atom. The minimum Gasteiger partial charge on any atom is -0.493 e. The molecule has 5 rings (SSSR count). The lowest BCUT2D eigenvalue weighted by Gasteiger charge is -2.18. The molecule has 10 nitrogen and oxygen atoms in total. The number of benzene rings is 2. The number of ether oxygens (including phenoxy) is 2. The molecular formula is C25H26N6O4. The number of hydrogen-bond acceptors (Lipinski definition) is 6. The molecule has 0 bridgehead atoms. The minimum absolute atomic E-state index is 0.0804. The van der Waals surface area contributed by atoms with Gasteiger partial charge in [0.2, 0.25) is 5.91 Å². The summed E-state index contributed by atoms with van der Waals surface area (Å²) in [6.07, 6.45) is 1.52. The van der Waals surface area contributed by atoms with E-state index in [9.17, 15) is 9.59 Å². The molecule has 1 aliphatic rings. The number of imidazole rings is 1. The van der Waals surface area contributed by atoms with E-state index in [-0.39, 0.29) is 18.4 Å². The molecule has 1 aliphatic heterocycles. The van der Waals surface area contributed by atoms with Crippen molar-refractivity contribution in [2.24, 2.45) is 0 Å². The summed E-state index contributed by atoms with van der Waals surface area (Å²) >= 11 is 0. The Bertz CT molecular complexity index is 1440. The van der Waals surface area contributed by atoms with Crippen molar-refractivity contribution in [1.29, 1.82) is 0 Å². The second-order valence-corrected chi connectivity index (χ2v) is 8.79. The maximum atomic E-state index is 12.8. The summed E-state index contributed by atoms with van der Waals surface area (Å²) in [4.78, 5) is 35.1. The summed E-state index contributed by atoms with van der Waals surface area (Å²) < 4.78 is 10.8. The van der Waals surface area contributed by atoms with Crippen LogP contribution in [0.1, 0.15) is 26.3 Å². The van der Waals surface area contributed by atoms with Crippen LogP contribution in [0.2, 0.25) is 0 Å². The van der Waals surface area contributed by atoms with E-state index in [1.54, 1.807) is 30.2 Å². The predicted molar refractivity (Wildman–Crippen MR) is 132 cm³/mol. The van der Waals surface area contributed by atoms with E-state index < -0.39 is 5.41 Å². The van der Waals surface area contributed by atoms with Crippen LogP contribution in [-0.4, -0.2) is 52.2 Å². The number of anilines is 2. The molecule has 0 fully saturated rings. The smallest absolute Gasteiger partial charge is 0.262 e. The van der Waals surface area contributed by atoms with Crippen LogP contribution < -0.4 is 19.7 Å². The van der Waals surface area contributed by atoms with E-state index in [2.05, 4.69) is 20.5 Å². The molecule has 10 heteroatoms. The van der Waals surface area contributed by atoms with Gasteiger partial charge in [0.25, 0.3) is 5.91 Å². The highest BCUT2D eigenvalue weighted by molar-refractivity contribution is 6.09. The summed E-state index contributed by atoms with van der Waals surface area (Å²) in [6.45, 7) is 6.21. The molecule has 0 unspecified atom stereocenters. The van der Waals surface area contributed by atoms with Crippen molar-refractivity contribution in [3.63, 3.8) is 0 Å². The fourth-order valence-electron chi connectivity index (χ4n) is 4.39. The summed E-state index contributed by atoms with van der Waals surface area (Å²) in [5.74, 6) is 1.27. The van der Waals surface area contributed by atoms with Crippen LogP contribution in [0.5, 0.6) is 11.5 Å². The van der Waals surface area contributed by atoms with Gasteiger partial charge in [-0.3, -0.25) is 14.7 Å². The monoisotopic (exact) mass is 474 g/mol. The average Bonchev–Trinajstić information content (AvgIpc) is 3.52. The maximum absolute atomic E-state index is 12.8. The van der Waals surface area contributed by atoms with Crippen LogP contribution >= 0.6 is 0 Å². The zero-order valence-electron chi connectivity index (χ0n) is 19.9. The van der Waals surface area contributed by atoms with Crippen molar-refractivity contribution >= 4 is 34.2 Å². The molecule has 3 heterocycles. The average molecular weight is 475 g/mol. The van der Waals surface area contributed by atoms with Gasteiger partial charge in [0.1, 0.15) is 5.69 Å². The van der Waals surface area contributed by atoms with E-state index in [0.29, 0.717) is 40.8 Å². The number of fused-ring (bicyclic) bond motifs is 2. The van der Waals surface area contributed by atoms with Gasteiger partial charge in [-0.05, 0) is 50.6 Å². The van der Waals surface area contributed by atoms with Crippen LogP contribution in [0.3, 0.4) is 0 Å². The zero-order chi connectivity index (χ0) is 24.7. The standard InChI is InChI=1S/C25H26N6O4/c1-5-31-18-11-16-15(10-14(18)25(2,3)24(31)33)28-23(29-16)22-17(12-26-30-22)27-21(32)13-35-20-9-7-6-8-19(20)34-4/h6-12H,5,13H2,1-4H3,(H,26,30)(H,27,32)(H,28,29). The quantitative estimate of drug-likeness (QED) is 0.376. The Balaban J connectivity index is 1.38. The third-order valence-corrected chi connectivity index (χ3v) is 6.24. The van der Waals surface area contributed by atoms with E-state index >= 15 is 0 Å². The van der Waals surface area contributed by atoms with Crippen LogP contribution in [-0.2, 0) is 15.0 Å². The van der Waals surface area contributed by atoms with Gasteiger partial charge in [-0.2, -0.15) is 5.10 Å². The molecule has 0 aliphatic carbocycles. The number of H-pyrrole nitrogens is 2. The number of nitrogens with zero attached hydrogens (tertiary/aromatic N) is 3. The fraction of sp³-hybridized carbons (Fsp3) is 0.280. The molecule has 2 aromatic heterocycles. The number of carbonyl (C=O) groups is 2. The lowest BCUT2D eigenvalue weighted by atomic mass is 9.86. The third kappa shape index (κ3) is 3.76. The van der Waals surface area contributed by atoms with Gasteiger partial charge < -0.3 is 24.7 Å². The number of methoxy groups -OCH3 is 1. The maximum Gasteiger partial charge on any atom is 0.262 e. The molecule has 0 saturated carbocycles. The number of amides is 2. The Labute approximate surface area is 201 Å². The van der Waals surface area contributed by atoms with Gasteiger partial charge in [-0.25, -0.2) is 4.98 Å². The molecule has 0 saturated heterocycles. The minimum atomic E-state index is -0.612. The Kier molecular flexibility index (Phi) is 5.43. The molecule has 2 aromatic carbocycles. The first kappa shape index (κ1) is 22.5. The fourth-order valence-corrected chi connectivity index (χ4v) is 4.39. The van der Waals surface area contributed by atoms with E-state index in [1.165, 1.54) is 6.20 Å². The van der Waals surface area contributed by atoms with Crippen LogP contribution in [0, 0.1) is 0 Å². The number of para-hydroxylation sites is 2. The van der Waals surface area contributed by atoms with Gasteiger partial charge in [-0.15, -0.1) is 0 Å². The lowest BCUT2D eigenvalue weighted by molar-refractivity contribution is -0.122. The van der Waals surface area contributed by atoms with Crippen LogP contribution in [0.4, 0.5) is 11.4 Å². The third-order valence-electron chi connectivity index (χ3n) is 6.24. The number of nitrogens with one attached hydrogen (secondary N) is 3. The van der Waals surface area contributed by atoms with Crippen molar-refractivity contribution in [3.05, 3.63) is 48.2 Å². The number of aromatic nitrogens is 4. The first-order valence-electron chi connectivity index (χ1n) is 11.3. The molecule has 0 atom stereocenters. The Morgan fingerprint density at radius 3 is 2.71 bits per heavy atom. The summed E-state index contributed by atoms with van der Waals surface area (Å²) in [6, 6.07) is 11.0. The second kappa shape index (κ2) is 8.46. The molecule has 2 amide bonds. The number of aromatic amines is 2. The Morgan fingerprint density at radius 1 is 1.20 bits per heavy atom. The van der Waals surface area contributed by atoms with E-state index in [1.807, 2.05) is 39.0 Å². The van der Waals surface area contributed by atoms with Crippen molar-refractivity contribution in [2.75, 3.05) is 30.5 Å². The van der Waals surface area contributed by atoms with Crippen molar-refractivity contribution in [1.82, 2.24) is 20.2 Å². The molecular weight excluding hydrogens is 448 g/mol. The van der Waals surface area contributed by atoms with E-state index in [4.69, 9.17) is 14.5 Å². The second-order valence-electron chi connectivity index (χ2n) is 8.79. The summed E-state index contributed by atoms with van der Waals surface area (Å²) in [5, 5.41) is 9.78. The topological polar surface area (TPSA) is 125 Å². The largest absolute Gasteiger partial charge is 0.493 e. The first-order valence-corrected chi connectivity index (χ1v) is 11.3.